The number of esters is 1. The Morgan fingerprint density at radius 2 is 2.06 bits per heavy atom. The third-order valence-electron chi connectivity index (χ3n) is 2.35. The molecule has 0 aromatic heterocycles. The smallest absolute Gasteiger partial charge is 0.306 e. The molecule has 0 aliphatic rings. The number of rotatable bonds is 6. The van der Waals surface area contributed by atoms with Crippen LogP contribution in [0.5, 0.6) is 0 Å². The van der Waals surface area contributed by atoms with Gasteiger partial charge in [-0.3, -0.25) is 4.79 Å². The van der Waals surface area contributed by atoms with Crippen molar-refractivity contribution in [2.24, 2.45) is 5.73 Å². The summed E-state index contributed by atoms with van der Waals surface area (Å²) in [5.74, 6) is -0.143. The first kappa shape index (κ1) is 13.5. The monoisotopic (exact) mass is 233 g/mol. The van der Waals surface area contributed by atoms with Gasteiger partial charge in [0, 0.05) is 13.0 Å². The fraction of sp³-hybridized carbons (Fsp3) is 0.357. The molecule has 1 rings (SSSR count). The fourth-order valence-electron chi connectivity index (χ4n) is 1.42. The Balaban J connectivity index is 2.35. The van der Waals surface area contributed by atoms with Crippen molar-refractivity contribution in [3.63, 3.8) is 0 Å². The van der Waals surface area contributed by atoms with Crippen molar-refractivity contribution >= 4 is 12.0 Å². The number of carbonyl (C=O) groups is 1. The summed E-state index contributed by atoms with van der Waals surface area (Å²) in [6.45, 7) is 2.82. The lowest BCUT2D eigenvalue weighted by Gasteiger charge is -1.99. The molecule has 0 aliphatic carbocycles. The van der Waals surface area contributed by atoms with Crippen molar-refractivity contribution in [3.05, 3.63) is 41.5 Å². The highest BCUT2D eigenvalue weighted by Gasteiger charge is 1.97. The lowest BCUT2D eigenvalue weighted by atomic mass is 10.1. The van der Waals surface area contributed by atoms with Crippen LogP contribution in [0.15, 0.2) is 30.3 Å². The Kier molecular flexibility index (Phi) is 6.04. The second-order valence-corrected chi connectivity index (χ2v) is 3.69. The van der Waals surface area contributed by atoms with Gasteiger partial charge in [-0.2, -0.15) is 0 Å². The molecule has 0 unspecified atom stereocenters. The zero-order valence-electron chi connectivity index (χ0n) is 10.2. The van der Waals surface area contributed by atoms with Gasteiger partial charge in [-0.15, -0.1) is 0 Å². The number of ether oxygens (including phenoxy) is 1. The SMILES string of the molecule is CCOC(=O)CCC=Cc1ccc(CN)cc1. The molecule has 0 spiro atoms. The second-order valence-electron chi connectivity index (χ2n) is 3.69. The van der Waals surface area contributed by atoms with Crippen LogP contribution >= 0.6 is 0 Å². The van der Waals surface area contributed by atoms with Gasteiger partial charge in [0.25, 0.3) is 0 Å². The molecule has 17 heavy (non-hydrogen) atoms. The molecule has 0 aliphatic heterocycles. The maximum absolute atomic E-state index is 11.1. The first-order valence-electron chi connectivity index (χ1n) is 5.87. The van der Waals surface area contributed by atoms with E-state index in [4.69, 9.17) is 10.5 Å². The van der Waals surface area contributed by atoms with E-state index in [2.05, 4.69) is 0 Å². The van der Waals surface area contributed by atoms with Gasteiger partial charge in [0.2, 0.25) is 0 Å². The third-order valence-corrected chi connectivity index (χ3v) is 2.35. The number of hydrogen-bond donors (Lipinski definition) is 1. The van der Waals surface area contributed by atoms with Crippen molar-refractivity contribution in [3.8, 4) is 0 Å². The van der Waals surface area contributed by atoms with Crippen molar-refractivity contribution in [2.45, 2.75) is 26.3 Å². The maximum atomic E-state index is 11.1. The van der Waals surface area contributed by atoms with Crippen LogP contribution in [-0.2, 0) is 16.1 Å². The van der Waals surface area contributed by atoms with Gasteiger partial charge < -0.3 is 10.5 Å². The maximum Gasteiger partial charge on any atom is 0.306 e. The minimum atomic E-state index is -0.143. The molecule has 92 valence electrons. The van der Waals surface area contributed by atoms with E-state index in [9.17, 15) is 4.79 Å². The van der Waals surface area contributed by atoms with Gasteiger partial charge in [-0.25, -0.2) is 0 Å². The van der Waals surface area contributed by atoms with Gasteiger partial charge >= 0.3 is 5.97 Å². The van der Waals surface area contributed by atoms with E-state index < -0.39 is 0 Å². The molecule has 0 amide bonds. The Morgan fingerprint density at radius 3 is 2.65 bits per heavy atom. The van der Waals surface area contributed by atoms with Crippen LogP contribution in [0.4, 0.5) is 0 Å². The average Bonchev–Trinajstić information content (AvgIpc) is 2.36. The zero-order chi connectivity index (χ0) is 12.5. The first-order valence-corrected chi connectivity index (χ1v) is 5.87. The van der Waals surface area contributed by atoms with Gasteiger partial charge in [0.1, 0.15) is 0 Å². The van der Waals surface area contributed by atoms with Crippen LogP contribution in [0.2, 0.25) is 0 Å². The van der Waals surface area contributed by atoms with Crippen LogP contribution in [-0.4, -0.2) is 12.6 Å². The summed E-state index contributed by atoms with van der Waals surface area (Å²) in [6.07, 6.45) is 5.12. The van der Waals surface area contributed by atoms with Gasteiger partial charge in [0.05, 0.1) is 6.61 Å². The highest BCUT2D eigenvalue weighted by molar-refractivity contribution is 5.69. The lowest BCUT2D eigenvalue weighted by molar-refractivity contribution is -0.142. The normalized spacial score (nSPS) is 10.7. The zero-order valence-corrected chi connectivity index (χ0v) is 10.2. The Morgan fingerprint density at radius 1 is 1.35 bits per heavy atom. The molecule has 0 atom stereocenters. The summed E-state index contributed by atoms with van der Waals surface area (Å²) >= 11 is 0. The molecule has 3 nitrogen and oxygen atoms in total. The van der Waals surface area contributed by atoms with E-state index >= 15 is 0 Å². The van der Waals surface area contributed by atoms with Gasteiger partial charge in [-0.1, -0.05) is 36.4 Å². The standard InChI is InChI=1S/C14H19NO2/c1-2-17-14(16)6-4-3-5-12-7-9-13(11-15)10-8-12/h3,5,7-10H,2,4,6,11,15H2,1H3. The number of allylic oxidation sites excluding steroid dienone is 1. The van der Waals surface area contributed by atoms with Crippen LogP contribution in [0.1, 0.15) is 30.9 Å². The molecule has 0 heterocycles. The Labute approximate surface area is 102 Å². The largest absolute Gasteiger partial charge is 0.466 e. The molecular formula is C14H19NO2. The summed E-state index contributed by atoms with van der Waals surface area (Å²) in [5, 5.41) is 0. The quantitative estimate of drug-likeness (QED) is 0.768. The molecule has 0 fully saturated rings. The lowest BCUT2D eigenvalue weighted by Crippen LogP contribution is -2.02. The van der Waals surface area contributed by atoms with E-state index in [1.807, 2.05) is 43.3 Å². The average molecular weight is 233 g/mol. The molecule has 1 aromatic carbocycles. The van der Waals surface area contributed by atoms with E-state index in [0.29, 0.717) is 26.0 Å². The minimum Gasteiger partial charge on any atom is -0.466 e. The molecular weight excluding hydrogens is 214 g/mol. The predicted octanol–water partition coefficient (Wildman–Crippen LogP) is 2.50. The van der Waals surface area contributed by atoms with Crippen LogP contribution < -0.4 is 5.73 Å². The van der Waals surface area contributed by atoms with Crippen molar-refractivity contribution < 1.29 is 9.53 Å². The summed E-state index contributed by atoms with van der Waals surface area (Å²) in [4.78, 5) is 11.1. The van der Waals surface area contributed by atoms with Crippen molar-refractivity contribution in [2.75, 3.05) is 6.61 Å². The number of nitrogens with two attached hydrogens (primary N) is 1. The first-order chi connectivity index (χ1) is 8.26. The third kappa shape index (κ3) is 5.31. The summed E-state index contributed by atoms with van der Waals surface area (Å²) < 4.78 is 4.84. The molecule has 1 aromatic rings. The summed E-state index contributed by atoms with van der Waals surface area (Å²) in [5.41, 5.74) is 7.75. The highest BCUT2D eigenvalue weighted by atomic mass is 16.5. The number of benzene rings is 1. The predicted molar refractivity (Wildman–Crippen MR) is 69.2 cm³/mol. The number of carbonyl (C=O) groups excluding carboxylic acids is 1. The number of hydrogen-bond acceptors (Lipinski definition) is 3. The molecule has 2 N–H and O–H groups in total. The topological polar surface area (TPSA) is 52.3 Å². The van der Waals surface area contributed by atoms with Crippen molar-refractivity contribution in [1.29, 1.82) is 0 Å². The molecule has 0 saturated carbocycles. The minimum absolute atomic E-state index is 0.143. The van der Waals surface area contributed by atoms with E-state index in [0.717, 1.165) is 11.1 Å². The Bertz CT molecular complexity index is 368. The van der Waals surface area contributed by atoms with E-state index in [-0.39, 0.29) is 5.97 Å². The van der Waals surface area contributed by atoms with Gasteiger partial charge in [0.15, 0.2) is 0 Å². The molecule has 0 saturated heterocycles. The second kappa shape index (κ2) is 7.63. The summed E-state index contributed by atoms with van der Waals surface area (Å²) in [7, 11) is 0. The van der Waals surface area contributed by atoms with E-state index in [1.165, 1.54) is 0 Å². The van der Waals surface area contributed by atoms with Crippen LogP contribution in [0.25, 0.3) is 6.08 Å². The Hall–Kier alpha value is -1.61. The molecule has 0 bridgehead atoms. The van der Waals surface area contributed by atoms with E-state index in [1.54, 1.807) is 0 Å². The molecule has 3 heteroatoms. The highest BCUT2D eigenvalue weighted by Crippen LogP contribution is 2.06. The van der Waals surface area contributed by atoms with Crippen molar-refractivity contribution in [1.82, 2.24) is 0 Å². The summed E-state index contributed by atoms with van der Waals surface area (Å²) in [6, 6.07) is 8.04. The molecule has 0 radical (unpaired) electrons. The van der Waals surface area contributed by atoms with Gasteiger partial charge in [-0.05, 0) is 24.5 Å². The van der Waals surface area contributed by atoms with Crippen LogP contribution in [0, 0.1) is 0 Å². The fourth-order valence-corrected chi connectivity index (χ4v) is 1.42. The van der Waals surface area contributed by atoms with Crippen LogP contribution in [0.3, 0.4) is 0 Å².